The van der Waals surface area contributed by atoms with Gasteiger partial charge >= 0.3 is 0 Å². The van der Waals surface area contributed by atoms with Gasteiger partial charge in [-0.3, -0.25) is 4.79 Å². The topological polar surface area (TPSA) is 41.1 Å². The van der Waals surface area contributed by atoms with Crippen molar-refractivity contribution in [3.05, 3.63) is 87.3 Å². The third-order valence-electron chi connectivity index (χ3n) is 3.64. The van der Waals surface area contributed by atoms with Gasteiger partial charge in [-0.2, -0.15) is 0 Å². The van der Waals surface area contributed by atoms with Gasteiger partial charge in [0.15, 0.2) is 0 Å². The van der Waals surface area contributed by atoms with E-state index in [4.69, 9.17) is 11.6 Å². The van der Waals surface area contributed by atoms with Gasteiger partial charge in [0.2, 0.25) is 5.91 Å². The zero-order valence-corrected chi connectivity index (χ0v) is 14.8. The lowest BCUT2D eigenvalue weighted by atomic mass is 10.1. The second-order valence-corrected chi connectivity index (χ2v) is 6.79. The van der Waals surface area contributed by atoms with E-state index in [9.17, 15) is 9.18 Å². The summed E-state index contributed by atoms with van der Waals surface area (Å²) in [5.41, 5.74) is 1.53. The molecule has 3 rings (SSSR count). The first-order valence-corrected chi connectivity index (χ1v) is 8.96. The molecule has 0 aliphatic rings. The molecule has 0 aliphatic carbocycles. The molecule has 1 aromatic heterocycles. The zero-order valence-electron chi connectivity index (χ0n) is 13.2. The lowest BCUT2D eigenvalue weighted by molar-refractivity contribution is -0.119. The van der Waals surface area contributed by atoms with Gasteiger partial charge in [-0.15, -0.1) is 11.3 Å². The van der Waals surface area contributed by atoms with Gasteiger partial charge in [-0.25, -0.2) is 4.39 Å². The molecular formula is C19H16ClFN2OS. The minimum absolute atomic E-state index is 0.0417. The van der Waals surface area contributed by atoms with Crippen molar-refractivity contribution in [2.24, 2.45) is 0 Å². The summed E-state index contributed by atoms with van der Waals surface area (Å²) >= 11 is 7.55. The summed E-state index contributed by atoms with van der Waals surface area (Å²) in [6.07, 6.45) is 0. The fraction of sp³-hybridized carbons (Fsp3) is 0.105. The summed E-state index contributed by atoms with van der Waals surface area (Å²) < 4.78 is 13.1. The predicted octanol–water partition coefficient (Wildman–Crippen LogP) is 4.86. The highest BCUT2D eigenvalue weighted by Gasteiger charge is 2.17. The fourth-order valence-electron chi connectivity index (χ4n) is 2.44. The molecule has 2 aromatic carbocycles. The third kappa shape index (κ3) is 4.59. The lowest BCUT2D eigenvalue weighted by Crippen LogP contribution is -2.33. The number of nitrogens with one attached hydrogen (secondary N) is 2. The van der Waals surface area contributed by atoms with Crippen molar-refractivity contribution in [1.82, 2.24) is 5.32 Å². The average Bonchev–Trinajstić information content (AvgIpc) is 3.14. The van der Waals surface area contributed by atoms with Crippen LogP contribution < -0.4 is 10.6 Å². The maximum Gasteiger partial charge on any atom is 0.240 e. The molecule has 128 valence electrons. The minimum atomic E-state index is -0.415. The van der Waals surface area contributed by atoms with Crippen LogP contribution in [0.25, 0.3) is 0 Å². The summed E-state index contributed by atoms with van der Waals surface area (Å²) in [4.78, 5) is 13.4. The van der Waals surface area contributed by atoms with Gasteiger partial charge in [-0.05, 0) is 35.2 Å². The van der Waals surface area contributed by atoms with Crippen LogP contribution in [0.2, 0.25) is 5.02 Å². The first-order valence-electron chi connectivity index (χ1n) is 7.70. The standard InChI is InChI=1S/C19H16ClFN2OS/c20-15-11-14(21)8-9-16(15)22-12-18(24)23-19(17-7-4-10-25-17)13-5-2-1-3-6-13/h1-11,19,22H,12H2,(H,23,24). The van der Waals surface area contributed by atoms with Crippen LogP contribution in [0.3, 0.4) is 0 Å². The summed E-state index contributed by atoms with van der Waals surface area (Å²) in [6.45, 7) is 0.0417. The highest BCUT2D eigenvalue weighted by atomic mass is 35.5. The first-order chi connectivity index (χ1) is 12.1. The monoisotopic (exact) mass is 374 g/mol. The molecule has 3 nitrogen and oxygen atoms in total. The minimum Gasteiger partial charge on any atom is -0.375 e. The first kappa shape index (κ1) is 17.5. The number of hydrogen-bond acceptors (Lipinski definition) is 3. The normalized spacial score (nSPS) is 11.8. The van der Waals surface area contributed by atoms with E-state index in [0.29, 0.717) is 5.69 Å². The summed E-state index contributed by atoms with van der Waals surface area (Å²) in [5.74, 6) is -0.593. The van der Waals surface area contributed by atoms with E-state index in [2.05, 4.69) is 10.6 Å². The van der Waals surface area contributed by atoms with Crippen LogP contribution >= 0.6 is 22.9 Å². The molecule has 1 unspecified atom stereocenters. The van der Waals surface area contributed by atoms with Crippen LogP contribution in [0.4, 0.5) is 10.1 Å². The molecule has 0 spiro atoms. The molecule has 1 heterocycles. The Hall–Kier alpha value is -2.37. The smallest absolute Gasteiger partial charge is 0.240 e. The van der Waals surface area contributed by atoms with Crippen LogP contribution in [0.15, 0.2) is 66.0 Å². The number of anilines is 1. The van der Waals surface area contributed by atoms with Crippen molar-refractivity contribution in [1.29, 1.82) is 0 Å². The maximum absolute atomic E-state index is 13.1. The van der Waals surface area contributed by atoms with E-state index in [1.165, 1.54) is 18.2 Å². The van der Waals surface area contributed by atoms with Gasteiger partial charge < -0.3 is 10.6 Å². The Morgan fingerprint density at radius 3 is 2.60 bits per heavy atom. The van der Waals surface area contributed by atoms with Gasteiger partial charge in [0.05, 0.1) is 23.3 Å². The number of hydrogen-bond donors (Lipinski definition) is 2. The Labute approximate surface area is 154 Å². The van der Waals surface area contributed by atoms with Crippen LogP contribution in [0.1, 0.15) is 16.5 Å². The van der Waals surface area contributed by atoms with Crippen LogP contribution in [-0.2, 0) is 4.79 Å². The zero-order chi connectivity index (χ0) is 17.6. The van der Waals surface area contributed by atoms with Crippen molar-refractivity contribution in [2.45, 2.75) is 6.04 Å². The molecule has 0 radical (unpaired) electrons. The Bertz CT molecular complexity index is 840. The SMILES string of the molecule is O=C(CNc1ccc(F)cc1Cl)NC(c1ccccc1)c1cccs1. The Morgan fingerprint density at radius 1 is 1.12 bits per heavy atom. The lowest BCUT2D eigenvalue weighted by Gasteiger charge is -2.18. The summed E-state index contributed by atoms with van der Waals surface area (Å²) in [5, 5.41) is 8.18. The number of carbonyl (C=O) groups is 1. The van der Waals surface area contributed by atoms with E-state index < -0.39 is 5.82 Å². The molecule has 3 aromatic rings. The molecule has 0 aliphatic heterocycles. The number of rotatable bonds is 6. The van der Waals surface area contributed by atoms with E-state index in [0.717, 1.165) is 10.4 Å². The van der Waals surface area contributed by atoms with Crippen molar-refractivity contribution in [3.63, 3.8) is 0 Å². The van der Waals surface area contributed by atoms with Crippen molar-refractivity contribution in [3.8, 4) is 0 Å². The highest BCUT2D eigenvalue weighted by molar-refractivity contribution is 7.10. The average molecular weight is 375 g/mol. The molecule has 6 heteroatoms. The van der Waals surface area contributed by atoms with Gasteiger partial charge in [0, 0.05) is 4.88 Å². The van der Waals surface area contributed by atoms with E-state index in [1.54, 1.807) is 11.3 Å². The van der Waals surface area contributed by atoms with Crippen molar-refractivity contribution >= 4 is 34.5 Å². The van der Waals surface area contributed by atoms with Crippen LogP contribution in [-0.4, -0.2) is 12.5 Å². The van der Waals surface area contributed by atoms with Crippen molar-refractivity contribution < 1.29 is 9.18 Å². The Kier molecular flexibility index (Phi) is 5.68. The van der Waals surface area contributed by atoms with Crippen molar-refractivity contribution in [2.75, 3.05) is 11.9 Å². The largest absolute Gasteiger partial charge is 0.375 e. The van der Waals surface area contributed by atoms with Gasteiger partial charge in [0.1, 0.15) is 5.82 Å². The fourth-order valence-corrected chi connectivity index (χ4v) is 3.48. The van der Waals surface area contributed by atoms with Crippen LogP contribution in [0, 0.1) is 5.82 Å². The molecule has 2 N–H and O–H groups in total. The molecule has 0 saturated heterocycles. The predicted molar refractivity (Wildman–Crippen MR) is 101 cm³/mol. The maximum atomic E-state index is 13.1. The number of thiophene rings is 1. The van der Waals surface area contributed by atoms with E-state index in [-0.39, 0.29) is 23.5 Å². The highest BCUT2D eigenvalue weighted by Crippen LogP contribution is 2.26. The summed E-state index contributed by atoms with van der Waals surface area (Å²) in [7, 11) is 0. The van der Waals surface area contributed by atoms with E-state index in [1.807, 2.05) is 47.8 Å². The number of carbonyl (C=O) groups excluding carboxylic acids is 1. The number of amides is 1. The molecule has 1 amide bonds. The molecule has 1 atom stereocenters. The number of benzene rings is 2. The second kappa shape index (κ2) is 8.14. The quantitative estimate of drug-likeness (QED) is 0.647. The number of halogens is 2. The molecule has 0 saturated carbocycles. The molecule has 0 bridgehead atoms. The molecular weight excluding hydrogens is 359 g/mol. The van der Waals surface area contributed by atoms with E-state index >= 15 is 0 Å². The Morgan fingerprint density at radius 2 is 1.92 bits per heavy atom. The third-order valence-corrected chi connectivity index (χ3v) is 4.89. The van der Waals surface area contributed by atoms with Gasteiger partial charge in [-0.1, -0.05) is 48.0 Å². The second-order valence-electron chi connectivity index (χ2n) is 5.40. The van der Waals surface area contributed by atoms with Gasteiger partial charge in [0.25, 0.3) is 0 Å². The Balaban J connectivity index is 1.68. The molecule has 25 heavy (non-hydrogen) atoms. The van der Waals surface area contributed by atoms with Crippen LogP contribution in [0.5, 0.6) is 0 Å². The molecule has 0 fully saturated rings. The summed E-state index contributed by atoms with van der Waals surface area (Å²) in [6, 6.07) is 17.5.